The van der Waals surface area contributed by atoms with Gasteiger partial charge in [0.2, 0.25) is 0 Å². The number of alkyl carbamates (subject to hydrolysis) is 1. The molecule has 1 atom stereocenters. The number of carbonyl (C=O) groups is 2. The van der Waals surface area contributed by atoms with Gasteiger partial charge in [0.05, 0.1) is 13.2 Å². The van der Waals surface area contributed by atoms with E-state index in [1.165, 1.54) is 0 Å². The number of azide groups is 1. The summed E-state index contributed by atoms with van der Waals surface area (Å²) < 4.78 is 10.4. The highest BCUT2D eigenvalue weighted by Crippen LogP contribution is 2.14. The molecule has 1 aromatic rings. The maximum Gasteiger partial charge on any atom is 0.408 e. The number of carboxylic acid groups (broad SMARTS) is 1. The van der Waals surface area contributed by atoms with E-state index in [2.05, 4.69) is 15.3 Å². The monoisotopic (exact) mass is 350 g/mol. The molecule has 0 aliphatic carbocycles. The molecule has 0 fully saturated rings. The average molecular weight is 350 g/mol. The summed E-state index contributed by atoms with van der Waals surface area (Å²) in [6.45, 7) is 5.57. The van der Waals surface area contributed by atoms with Crippen molar-refractivity contribution in [3.63, 3.8) is 0 Å². The first-order valence-electron chi connectivity index (χ1n) is 7.66. The van der Waals surface area contributed by atoms with Crippen LogP contribution in [0.1, 0.15) is 26.3 Å². The Kier molecular flexibility index (Phi) is 7.55. The van der Waals surface area contributed by atoms with Gasteiger partial charge in [-0.15, -0.1) is 0 Å². The molecular weight excluding hydrogens is 328 g/mol. The number of hydrogen-bond donors (Lipinski definition) is 2. The van der Waals surface area contributed by atoms with Gasteiger partial charge in [-0.1, -0.05) is 17.2 Å². The van der Waals surface area contributed by atoms with E-state index in [0.717, 1.165) is 0 Å². The Morgan fingerprint density at radius 2 is 1.96 bits per heavy atom. The van der Waals surface area contributed by atoms with Crippen LogP contribution in [0.4, 0.5) is 4.79 Å². The average Bonchev–Trinajstić information content (AvgIpc) is 2.50. The number of nitrogens with zero attached hydrogens (tertiary/aromatic N) is 3. The first kappa shape index (κ1) is 20.1. The summed E-state index contributed by atoms with van der Waals surface area (Å²) in [7, 11) is 0. The second-order valence-corrected chi connectivity index (χ2v) is 6.19. The van der Waals surface area contributed by atoms with E-state index in [4.69, 9.17) is 15.0 Å². The number of hydrogen-bond acceptors (Lipinski definition) is 5. The van der Waals surface area contributed by atoms with E-state index in [9.17, 15) is 14.7 Å². The molecule has 0 aromatic heterocycles. The van der Waals surface area contributed by atoms with Gasteiger partial charge in [-0.05, 0) is 44.0 Å². The van der Waals surface area contributed by atoms with Gasteiger partial charge in [-0.25, -0.2) is 9.59 Å². The molecule has 0 aliphatic heterocycles. The van der Waals surface area contributed by atoms with Gasteiger partial charge in [-0.2, -0.15) is 0 Å². The molecule has 0 heterocycles. The first-order valence-corrected chi connectivity index (χ1v) is 7.66. The predicted molar refractivity (Wildman–Crippen MR) is 90.4 cm³/mol. The van der Waals surface area contributed by atoms with Crippen molar-refractivity contribution >= 4 is 12.1 Å². The van der Waals surface area contributed by atoms with Gasteiger partial charge in [-0.3, -0.25) is 0 Å². The van der Waals surface area contributed by atoms with Crippen LogP contribution in [0.25, 0.3) is 10.4 Å². The quantitative estimate of drug-likeness (QED) is 0.322. The molecule has 1 rings (SSSR count). The van der Waals surface area contributed by atoms with E-state index in [-0.39, 0.29) is 19.6 Å². The Hall–Kier alpha value is -2.93. The van der Waals surface area contributed by atoms with Gasteiger partial charge in [0.1, 0.15) is 17.4 Å². The zero-order valence-corrected chi connectivity index (χ0v) is 14.4. The summed E-state index contributed by atoms with van der Waals surface area (Å²) >= 11 is 0. The van der Waals surface area contributed by atoms with E-state index in [0.29, 0.717) is 11.3 Å². The molecule has 9 nitrogen and oxygen atoms in total. The van der Waals surface area contributed by atoms with Crippen molar-refractivity contribution in [1.29, 1.82) is 0 Å². The summed E-state index contributed by atoms with van der Waals surface area (Å²) in [4.78, 5) is 25.7. The van der Waals surface area contributed by atoms with Crippen molar-refractivity contribution < 1.29 is 24.2 Å². The zero-order valence-electron chi connectivity index (χ0n) is 14.4. The van der Waals surface area contributed by atoms with Crippen LogP contribution in [0.2, 0.25) is 0 Å². The molecule has 0 bridgehead atoms. The van der Waals surface area contributed by atoms with Gasteiger partial charge in [0, 0.05) is 11.3 Å². The molecule has 0 radical (unpaired) electrons. The van der Waals surface area contributed by atoms with Gasteiger partial charge >= 0.3 is 12.1 Å². The van der Waals surface area contributed by atoms with Crippen LogP contribution in [0.3, 0.4) is 0 Å². The van der Waals surface area contributed by atoms with Crippen LogP contribution in [-0.4, -0.2) is 42.0 Å². The molecule has 1 aromatic carbocycles. The minimum atomic E-state index is -1.15. The predicted octanol–water partition coefficient (Wildman–Crippen LogP) is 2.90. The molecular formula is C16H22N4O5. The molecule has 0 spiro atoms. The van der Waals surface area contributed by atoms with Crippen LogP contribution in [0.5, 0.6) is 5.75 Å². The standard InChI is InChI=1S/C16H22N4O5/c1-16(2,3)25-15(23)19-13(14(21)22)10-11-4-6-12(7-5-11)24-9-8-18-20-17/h4-7,13H,8-10H2,1-3H3,(H,19,23)(H,21,22). The SMILES string of the molecule is CC(C)(C)OC(=O)NC(Cc1ccc(OCCN=[N+]=[N-])cc1)C(=O)O. The Morgan fingerprint density at radius 3 is 2.48 bits per heavy atom. The number of rotatable bonds is 8. The highest BCUT2D eigenvalue weighted by atomic mass is 16.6. The van der Waals surface area contributed by atoms with Crippen molar-refractivity contribution in [1.82, 2.24) is 5.32 Å². The Labute approximate surface area is 145 Å². The van der Waals surface area contributed by atoms with Crippen molar-refractivity contribution in [2.24, 2.45) is 5.11 Å². The summed E-state index contributed by atoms with van der Waals surface area (Å²) in [5, 5.41) is 15.0. The Bertz CT molecular complexity index is 633. The molecule has 136 valence electrons. The van der Waals surface area contributed by atoms with E-state index in [1.54, 1.807) is 45.0 Å². The second-order valence-electron chi connectivity index (χ2n) is 6.19. The number of aliphatic carboxylic acids is 1. The molecule has 0 saturated carbocycles. The van der Waals surface area contributed by atoms with Crippen molar-refractivity contribution in [2.45, 2.75) is 38.8 Å². The fourth-order valence-corrected chi connectivity index (χ4v) is 1.86. The number of amides is 1. The van der Waals surface area contributed by atoms with Crippen molar-refractivity contribution in [2.75, 3.05) is 13.2 Å². The smallest absolute Gasteiger partial charge is 0.408 e. The van der Waals surface area contributed by atoms with Crippen molar-refractivity contribution in [3.8, 4) is 5.75 Å². The summed E-state index contributed by atoms with van der Waals surface area (Å²) in [5.41, 5.74) is 8.18. The van der Waals surface area contributed by atoms with Gasteiger partial charge in [0.25, 0.3) is 0 Å². The first-order chi connectivity index (χ1) is 11.7. The lowest BCUT2D eigenvalue weighted by Crippen LogP contribution is -2.44. The van der Waals surface area contributed by atoms with Gasteiger partial charge < -0.3 is 19.9 Å². The maximum absolute atomic E-state index is 11.7. The van der Waals surface area contributed by atoms with Gasteiger partial charge in [0.15, 0.2) is 0 Å². The number of carboxylic acids is 1. The fraction of sp³-hybridized carbons (Fsp3) is 0.500. The topological polar surface area (TPSA) is 134 Å². The third-order valence-electron chi connectivity index (χ3n) is 2.88. The lowest BCUT2D eigenvalue weighted by atomic mass is 10.1. The highest BCUT2D eigenvalue weighted by molar-refractivity contribution is 5.80. The second kappa shape index (κ2) is 9.39. The lowest BCUT2D eigenvalue weighted by molar-refractivity contribution is -0.139. The molecule has 0 saturated heterocycles. The molecule has 9 heteroatoms. The summed E-state index contributed by atoms with van der Waals surface area (Å²) in [6.07, 6.45) is -0.675. The summed E-state index contributed by atoms with van der Waals surface area (Å²) in [6, 6.07) is 5.66. The van der Waals surface area contributed by atoms with Crippen LogP contribution < -0.4 is 10.1 Å². The normalized spacial score (nSPS) is 11.8. The van der Waals surface area contributed by atoms with Crippen molar-refractivity contribution in [3.05, 3.63) is 40.3 Å². The van der Waals surface area contributed by atoms with Crippen LogP contribution in [0, 0.1) is 0 Å². The summed E-state index contributed by atoms with van der Waals surface area (Å²) in [5.74, 6) is -0.579. The number of nitrogens with one attached hydrogen (secondary N) is 1. The zero-order chi connectivity index (χ0) is 18.9. The minimum absolute atomic E-state index is 0.105. The number of carbonyl (C=O) groups excluding carboxylic acids is 1. The largest absolute Gasteiger partial charge is 0.493 e. The van der Waals surface area contributed by atoms with Crippen LogP contribution >= 0.6 is 0 Å². The molecule has 2 N–H and O–H groups in total. The van der Waals surface area contributed by atoms with E-state index >= 15 is 0 Å². The maximum atomic E-state index is 11.7. The Balaban J connectivity index is 2.61. The number of benzene rings is 1. The minimum Gasteiger partial charge on any atom is -0.493 e. The van der Waals surface area contributed by atoms with Crippen LogP contribution in [0.15, 0.2) is 29.4 Å². The van der Waals surface area contributed by atoms with Crippen LogP contribution in [-0.2, 0) is 16.0 Å². The third-order valence-corrected chi connectivity index (χ3v) is 2.88. The van der Waals surface area contributed by atoms with E-state index < -0.39 is 23.7 Å². The molecule has 1 unspecified atom stereocenters. The molecule has 0 aliphatic rings. The number of ether oxygens (including phenoxy) is 2. The fourth-order valence-electron chi connectivity index (χ4n) is 1.86. The lowest BCUT2D eigenvalue weighted by Gasteiger charge is -2.22. The highest BCUT2D eigenvalue weighted by Gasteiger charge is 2.24. The molecule has 25 heavy (non-hydrogen) atoms. The molecule has 1 amide bonds. The third kappa shape index (κ3) is 8.47. The van der Waals surface area contributed by atoms with E-state index in [1.807, 2.05) is 0 Å². The Morgan fingerprint density at radius 1 is 1.32 bits per heavy atom.